The first-order chi connectivity index (χ1) is 36.6. The molecule has 75 heavy (non-hydrogen) atoms. The zero-order valence-corrected chi connectivity index (χ0v) is 46.5. The highest BCUT2D eigenvalue weighted by Gasteiger charge is 2.50. The summed E-state index contributed by atoms with van der Waals surface area (Å²) in [7, 11) is 0. The fourth-order valence-electron chi connectivity index (χ4n) is 7.93. The zero-order chi connectivity index (χ0) is 54.7. The summed E-state index contributed by atoms with van der Waals surface area (Å²) in [4.78, 5) is 51.1. The van der Waals surface area contributed by atoms with Crippen molar-refractivity contribution in [1.29, 1.82) is 0 Å². The maximum absolute atomic E-state index is 13.1. The molecule has 0 aromatic heterocycles. The van der Waals surface area contributed by atoms with Crippen LogP contribution in [0.3, 0.4) is 0 Å². The van der Waals surface area contributed by atoms with E-state index in [4.69, 9.17) is 23.7 Å². The van der Waals surface area contributed by atoms with Crippen molar-refractivity contribution >= 4 is 23.9 Å². The monoisotopic (exact) mass is 1050 g/mol. The van der Waals surface area contributed by atoms with Crippen LogP contribution in [0.25, 0.3) is 0 Å². The van der Waals surface area contributed by atoms with Gasteiger partial charge in [0.2, 0.25) is 0 Å². The van der Waals surface area contributed by atoms with Crippen LogP contribution in [0.4, 0.5) is 0 Å². The molecule has 12 heteroatoms. The lowest BCUT2D eigenvalue weighted by Gasteiger charge is -2.40. The predicted octanol–water partition coefficient (Wildman–Crippen LogP) is 14.7. The summed E-state index contributed by atoms with van der Waals surface area (Å²) in [5.41, 5.74) is 0. The zero-order valence-electron chi connectivity index (χ0n) is 46.5. The van der Waals surface area contributed by atoms with Gasteiger partial charge in [0.25, 0.3) is 0 Å². The third kappa shape index (κ3) is 40.3. The number of ether oxygens (including phenoxy) is 5. The van der Waals surface area contributed by atoms with E-state index >= 15 is 0 Å². The van der Waals surface area contributed by atoms with Crippen LogP contribution in [0, 0.1) is 0 Å². The molecule has 1 fully saturated rings. The molecule has 1 aliphatic rings. The van der Waals surface area contributed by atoms with Gasteiger partial charge in [-0.1, -0.05) is 182 Å². The third-order valence-electron chi connectivity index (χ3n) is 12.3. The summed E-state index contributed by atoms with van der Waals surface area (Å²) in [6.45, 7) is 5.68. The topological polar surface area (TPSA) is 175 Å². The average Bonchev–Trinajstić information content (AvgIpc) is 3.39. The number of carbonyl (C=O) groups is 4. The Hall–Kier alpha value is -4.62. The summed E-state index contributed by atoms with van der Waals surface area (Å²) in [5.74, 6) is -3.26. The van der Waals surface area contributed by atoms with Crippen LogP contribution >= 0.6 is 0 Å². The van der Waals surface area contributed by atoms with Crippen LogP contribution in [-0.2, 0) is 42.9 Å². The minimum atomic E-state index is -1.93. The number of aliphatic hydroxyl groups is 2. The molecular formula is C63H100O12. The number of carbonyl (C=O) groups excluding carboxylic acids is 3. The molecule has 1 saturated heterocycles. The summed E-state index contributed by atoms with van der Waals surface area (Å²) >= 11 is 0. The van der Waals surface area contributed by atoms with Crippen LogP contribution in [-0.4, -0.2) is 89.2 Å². The second kappa shape index (κ2) is 50.2. The van der Waals surface area contributed by atoms with Crippen molar-refractivity contribution < 1.29 is 58.2 Å². The van der Waals surface area contributed by atoms with Gasteiger partial charge in [-0.2, -0.15) is 0 Å². The maximum atomic E-state index is 13.1. The number of carboxylic acids is 1. The van der Waals surface area contributed by atoms with E-state index in [1.807, 2.05) is 0 Å². The Morgan fingerprint density at radius 3 is 1.32 bits per heavy atom. The highest BCUT2D eigenvalue weighted by Crippen LogP contribution is 2.26. The molecule has 0 bridgehead atoms. The summed E-state index contributed by atoms with van der Waals surface area (Å²) in [6.07, 6.45) is 54.9. The van der Waals surface area contributed by atoms with Crippen LogP contribution in [0.15, 0.2) is 109 Å². The van der Waals surface area contributed by atoms with Crippen molar-refractivity contribution in [1.82, 2.24) is 0 Å². The van der Waals surface area contributed by atoms with Gasteiger partial charge < -0.3 is 39.0 Å². The summed E-state index contributed by atoms with van der Waals surface area (Å²) in [6, 6.07) is 0. The molecule has 0 amide bonds. The number of hydrogen-bond acceptors (Lipinski definition) is 11. The van der Waals surface area contributed by atoms with Crippen LogP contribution in [0.5, 0.6) is 0 Å². The lowest BCUT2D eigenvalue weighted by atomic mass is 9.98. The quantitative estimate of drug-likeness (QED) is 0.0228. The molecule has 12 nitrogen and oxygen atoms in total. The molecule has 3 N–H and O–H groups in total. The first-order valence-corrected chi connectivity index (χ1v) is 28.9. The molecule has 6 unspecified atom stereocenters. The molecule has 0 aliphatic carbocycles. The lowest BCUT2D eigenvalue weighted by Crippen LogP contribution is -2.61. The number of esters is 3. The van der Waals surface area contributed by atoms with E-state index in [0.717, 1.165) is 109 Å². The smallest absolute Gasteiger partial charge is 0.335 e. The van der Waals surface area contributed by atoms with Gasteiger partial charge >= 0.3 is 23.9 Å². The number of carboxylic acid groups (broad SMARTS) is 1. The summed E-state index contributed by atoms with van der Waals surface area (Å²) < 4.78 is 28.3. The predicted molar refractivity (Wildman–Crippen MR) is 303 cm³/mol. The van der Waals surface area contributed by atoms with E-state index in [1.165, 1.54) is 38.5 Å². The lowest BCUT2D eigenvalue weighted by molar-refractivity contribution is -0.301. The highest BCUT2D eigenvalue weighted by atomic mass is 16.7. The fourth-order valence-corrected chi connectivity index (χ4v) is 7.93. The molecular weight excluding hydrogens is 949 g/mol. The number of rotatable bonds is 47. The van der Waals surface area contributed by atoms with Gasteiger partial charge in [-0.25, -0.2) is 4.79 Å². The second-order valence-electron chi connectivity index (χ2n) is 19.2. The Morgan fingerprint density at radius 2 is 0.840 bits per heavy atom. The second-order valence-corrected chi connectivity index (χ2v) is 19.2. The van der Waals surface area contributed by atoms with E-state index in [-0.39, 0.29) is 25.9 Å². The molecule has 424 valence electrons. The average molecular weight is 1050 g/mol. The largest absolute Gasteiger partial charge is 0.479 e. The van der Waals surface area contributed by atoms with Crippen LogP contribution in [0.2, 0.25) is 0 Å². The first kappa shape index (κ1) is 68.4. The van der Waals surface area contributed by atoms with Gasteiger partial charge in [-0.3, -0.25) is 14.4 Å². The van der Waals surface area contributed by atoms with Crippen molar-refractivity contribution in [2.75, 3.05) is 13.2 Å². The first-order valence-electron chi connectivity index (χ1n) is 28.9. The van der Waals surface area contributed by atoms with E-state index in [1.54, 1.807) is 0 Å². The highest BCUT2D eigenvalue weighted by molar-refractivity contribution is 5.74. The van der Waals surface area contributed by atoms with Gasteiger partial charge in [0.15, 0.2) is 24.6 Å². The van der Waals surface area contributed by atoms with Crippen molar-refractivity contribution in [2.45, 2.75) is 250 Å². The molecule has 0 aromatic rings. The molecule has 6 atom stereocenters. The Balaban J connectivity index is 2.77. The van der Waals surface area contributed by atoms with Gasteiger partial charge in [0.1, 0.15) is 18.8 Å². The van der Waals surface area contributed by atoms with E-state index < -0.39 is 67.3 Å². The Labute approximate surface area is 453 Å². The van der Waals surface area contributed by atoms with Gasteiger partial charge in [-0.05, 0) is 122 Å². The number of allylic oxidation sites excluding steroid dienone is 18. The fraction of sp³-hybridized carbons (Fsp3) is 0.651. The van der Waals surface area contributed by atoms with Crippen molar-refractivity contribution in [2.24, 2.45) is 0 Å². The molecule has 0 saturated carbocycles. The number of aliphatic carboxylic acids is 1. The van der Waals surface area contributed by atoms with Crippen LogP contribution in [0.1, 0.15) is 213 Å². The van der Waals surface area contributed by atoms with E-state index in [2.05, 4.69) is 130 Å². The Morgan fingerprint density at radius 1 is 0.453 bits per heavy atom. The number of unbranched alkanes of at least 4 members (excludes halogenated alkanes) is 15. The molecule has 0 radical (unpaired) electrons. The summed E-state index contributed by atoms with van der Waals surface area (Å²) in [5, 5.41) is 31.4. The molecule has 1 heterocycles. The van der Waals surface area contributed by atoms with Crippen molar-refractivity contribution in [3.63, 3.8) is 0 Å². The minimum Gasteiger partial charge on any atom is -0.479 e. The molecule has 1 aliphatic heterocycles. The van der Waals surface area contributed by atoms with Gasteiger partial charge in [0, 0.05) is 19.3 Å². The van der Waals surface area contributed by atoms with E-state index in [0.29, 0.717) is 25.7 Å². The maximum Gasteiger partial charge on any atom is 0.335 e. The standard InChI is InChI=1S/C63H100O12/c1-4-7-10-13-16-19-22-25-28-31-34-37-40-43-46-49-55(64)71-52-54(73-56(65)50-47-44-41-38-35-32-29-26-23-20-17-14-11-8-5-2)53-72-63-61(59(68)58(67)60(75-63)62(69)70)74-57(66)51-48-45-42-39-36-33-30-27-24-21-18-15-12-9-6-3/h7,9-10,12,16,18-19,21,25-30,34,36-37,39,54,58-61,63,67-68H,4-6,8,11,13-15,17,20,22-24,31-33,35,38,40-53H2,1-3H3,(H,69,70)/b10-7-,12-9-,19-16-,21-18-,28-25-,29-26-,30-27-,37-34-,39-36-. The Bertz CT molecular complexity index is 1720. The van der Waals surface area contributed by atoms with E-state index in [9.17, 15) is 34.5 Å². The van der Waals surface area contributed by atoms with Crippen molar-refractivity contribution in [3.8, 4) is 0 Å². The Kier molecular flexibility index (Phi) is 45.8. The normalized spacial score (nSPS) is 19.0. The van der Waals surface area contributed by atoms with Crippen molar-refractivity contribution in [3.05, 3.63) is 109 Å². The SMILES string of the molecule is CC/C=C\C/C=C\C/C=C\C/C=C\CCCCC(=O)OCC(COC1OC(C(=O)O)C(O)C(O)C1OC(=O)CCCC/C=C\C/C=C\C/C=C\C/C=C\CC)OC(=O)CCCCCCC/C=C\CCCCCCCC. The number of hydrogen-bond donors (Lipinski definition) is 3. The molecule has 0 spiro atoms. The van der Waals surface area contributed by atoms with Crippen LogP contribution < -0.4 is 0 Å². The van der Waals surface area contributed by atoms with Gasteiger partial charge in [-0.15, -0.1) is 0 Å². The molecule has 0 aromatic carbocycles. The van der Waals surface area contributed by atoms with Gasteiger partial charge in [0.05, 0.1) is 6.61 Å². The minimum absolute atomic E-state index is 0.00208. The third-order valence-corrected chi connectivity index (χ3v) is 12.3. The molecule has 1 rings (SSSR count). The number of aliphatic hydroxyl groups excluding tert-OH is 2.